The van der Waals surface area contributed by atoms with Crippen molar-refractivity contribution in [1.82, 2.24) is 39.3 Å². The quantitative estimate of drug-likeness (QED) is 0.183. The number of nitrogens with two attached hydrogens (primary N) is 1. The van der Waals surface area contributed by atoms with E-state index in [9.17, 15) is 14.4 Å². The first kappa shape index (κ1) is 36.7. The van der Waals surface area contributed by atoms with Gasteiger partial charge in [0.15, 0.2) is 5.65 Å². The number of fused-ring (bicyclic) bond motifs is 2. The summed E-state index contributed by atoms with van der Waals surface area (Å²) in [6, 6.07) is 21.7. The zero-order valence-corrected chi connectivity index (χ0v) is 33.0. The van der Waals surface area contributed by atoms with E-state index in [4.69, 9.17) is 15.5 Å². The fourth-order valence-corrected chi connectivity index (χ4v) is 10.8. The van der Waals surface area contributed by atoms with E-state index in [1.54, 1.807) is 12.5 Å². The number of rotatable bonds is 9. The first-order valence-electron chi connectivity index (χ1n) is 20.4. The molecule has 298 valence electrons. The van der Waals surface area contributed by atoms with Crippen LogP contribution in [-0.2, 0) is 9.59 Å². The molecule has 0 radical (unpaired) electrons. The predicted molar refractivity (Wildman–Crippen MR) is 223 cm³/mol. The van der Waals surface area contributed by atoms with Crippen LogP contribution in [0.3, 0.4) is 0 Å². The number of thiophene rings is 1. The maximum Gasteiger partial charge on any atom is 0.351 e. The molecule has 7 heterocycles. The van der Waals surface area contributed by atoms with Gasteiger partial charge in [-0.05, 0) is 86.1 Å². The third-order valence-corrected chi connectivity index (χ3v) is 13.9. The SMILES string of the molecule is Nc1ncnc2c(C3CCC(N4CCN(CC5CN(c6ccn7c(=O)n(C8CCC(=O)NC8=O)nc7c6)C5)CC4)CC3)sc(-c3ccc(Oc4ccccc4)cc3)c12. The maximum absolute atomic E-state index is 13.0. The second-order valence-corrected chi connectivity index (χ2v) is 17.2. The van der Waals surface area contributed by atoms with E-state index in [1.165, 1.54) is 26.8 Å². The molecule has 4 fully saturated rings. The Morgan fingerprint density at radius 1 is 0.862 bits per heavy atom. The van der Waals surface area contributed by atoms with E-state index >= 15 is 0 Å². The van der Waals surface area contributed by atoms with Gasteiger partial charge in [-0.2, -0.15) is 4.68 Å². The van der Waals surface area contributed by atoms with Gasteiger partial charge in [0.2, 0.25) is 5.91 Å². The average molecular weight is 799 g/mol. The Labute approximate surface area is 339 Å². The molecule has 0 spiro atoms. The molecular weight excluding hydrogens is 753 g/mol. The second kappa shape index (κ2) is 15.3. The number of amides is 2. The van der Waals surface area contributed by atoms with Crippen LogP contribution >= 0.6 is 11.3 Å². The van der Waals surface area contributed by atoms with Crippen LogP contribution in [0.5, 0.6) is 11.5 Å². The van der Waals surface area contributed by atoms with Crippen molar-refractivity contribution in [3.05, 3.63) is 94.6 Å². The molecule has 3 aliphatic heterocycles. The van der Waals surface area contributed by atoms with Crippen molar-refractivity contribution >= 4 is 51.2 Å². The Balaban J connectivity index is 0.717. The molecule has 1 saturated carbocycles. The Morgan fingerprint density at radius 2 is 1.62 bits per heavy atom. The molecular formula is C43H46N10O4S. The third kappa shape index (κ3) is 7.00. The Morgan fingerprint density at radius 3 is 2.38 bits per heavy atom. The van der Waals surface area contributed by atoms with Crippen molar-refractivity contribution in [2.75, 3.05) is 56.4 Å². The standard InChI is InChI=1S/C43H46N10O4S/c44-41-37-38(45-26-46-41)40(58-39(37)28-8-12-33(13-9-28)57-32-4-2-1-3-5-32)29-6-10-30(11-7-29)50-20-18-49(19-21-50)23-27-24-51(25-27)31-16-17-52-35(22-31)48-53(43(52)56)34-14-15-36(54)47-42(34)55/h1-5,8-9,12-13,16-17,22,26-27,29-30,34H,6-7,10-11,14-15,18-21,23-25H2,(H2,44,45,46)(H,47,54,55). The maximum atomic E-state index is 13.0. The monoisotopic (exact) mass is 798 g/mol. The van der Waals surface area contributed by atoms with Gasteiger partial charge in [-0.25, -0.2) is 14.8 Å². The summed E-state index contributed by atoms with van der Waals surface area (Å²) in [5.41, 5.74) is 9.77. The molecule has 1 unspecified atom stereocenters. The lowest BCUT2D eigenvalue weighted by Gasteiger charge is -2.46. The number of carbonyl (C=O) groups excluding carboxylic acids is 2. The zero-order chi connectivity index (χ0) is 39.3. The smallest absolute Gasteiger partial charge is 0.351 e. The van der Waals surface area contributed by atoms with Gasteiger partial charge in [0.25, 0.3) is 5.91 Å². The second-order valence-electron chi connectivity index (χ2n) is 16.1. The first-order valence-corrected chi connectivity index (χ1v) is 21.2. The van der Waals surface area contributed by atoms with Gasteiger partial charge >= 0.3 is 5.69 Å². The summed E-state index contributed by atoms with van der Waals surface area (Å²) in [5, 5.41) is 7.75. The third-order valence-electron chi connectivity index (χ3n) is 12.5. The van der Waals surface area contributed by atoms with Crippen LogP contribution in [0.2, 0.25) is 0 Å². The molecule has 3 saturated heterocycles. The molecule has 0 bridgehead atoms. The summed E-state index contributed by atoms with van der Waals surface area (Å²) < 4.78 is 8.72. The number of carbonyl (C=O) groups is 2. The van der Waals surface area contributed by atoms with Gasteiger partial charge in [-0.15, -0.1) is 16.4 Å². The number of ether oxygens (including phenoxy) is 1. The molecule has 14 nitrogen and oxygen atoms in total. The summed E-state index contributed by atoms with van der Waals surface area (Å²) in [4.78, 5) is 56.3. The lowest BCUT2D eigenvalue weighted by Crippen LogP contribution is -2.56. The number of para-hydroxylation sites is 1. The average Bonchev–Trinajstić information content (AvgIpc) is 3.78. The largest absolute Gasteiger partial charge is 0.457 e. The van der Waals surface area contributed by atoms with Crippen molar-refractivity contribution in [2.24, 2.45) is 5.92 Å². The molecule has 1 atom stereocenters. The number of aromatic nitrogens is 5. The molecule has 10 rings (SSSR count). The van der Waals surface area contributed by atoms with Crippen molar-refractivity contribution in [1.29, 1.82) is 0 Å². The van der Waals surface area contributed by atoms with Gasteiger partial charge in [0.05, 0.1) is 10.9 Å². The summed E-state index contributed by atoms with van der Waals surface area (Å²) in [5.74, 6) is 2.39. The van der Waals surface area contributed by atoms with Gasteiger partial charge in [0.1, 0.15) is 29.7 Å². The van der Waals surface area contributed by atoms with Gasteiger partial charge in [-0.3, -0.25) is 24.2 Å². The number of nitrogens with zero attached hydrogens (tertiary/aromatic N) is 8. The van der Waals surface area contributed by atoms with Crippen LogP contribution in [0.4, 0.5) is 11.5 Å². The summed E-state index contributed by atoms with van der Waals surface area (Å²) in [7, 11) is 0. The Kier molecular flexibility index (Phi) is 9.66. The molecule has 4 aliphatic rings. The van der Waals surface area contributed by atoms with E-state index in [0.717, 1.165) is 97.2 Å². The molecule has 4 aromatic heterocycles. The Hall–Kier alpha value is -5.64. The highest BCUT2D eigenvalue weighted by molar-refractivity contribution is 7.17. The minimum Gasteiger partial charge on any atom is -0.457 e. The number of benzene rings is 2. The van der Waals surface area contributed by atoms with Crippen LogP contribution in [0.25, 0.3) is 27.0 Å². The number of piperidine rings is 1. The summed E-state index contributed by atoms with van der Waals surface area (Å²) >= 11 is 1.83. The van der Waals surface area contributed by atoms with Crippen molar-refractivity contribution in [2.45, 2.75) is 56.5 Å². The number of hydrogen-bond acceptors (Lipinski definition) is 12. The number of nitrogen functional groups attached to an aromatic ring is 1. The molecule has 1 aliphatic carbocycles. The minimum absolute atomic E-state index is 0.194. The first-order chi connectivity index (χ1) is 28.3. The normalized spacial score (nSPS) is 22.3. The van der Waals surface area contributed by atoms with Crippen LogP contribution in [0.1, 0.15) is 55.4 Å². The van der Waals surface area contributed by atoms with E-state index in [0.29, 0.717) is 29.3 Å². The van der Waals surface area contributed by atoms with Gasteiger partial charge < -0.3 is 20.3 Å². The van der Waals surface area contributed by atoms with E-state index < -0.39 is 11.9 Å². The number of anilines is 2. The lowest BCUT2D eigenvalue weighted by molar-refractivity contribution is -0.136. The lowest BCUT2D eigenvalue weighted by atomic mass is 9.83. The fraction of sp³-hybridized carbons (Fsp3) is 0.395. The highest BCUT2D eigenvalue weighted by Gasteiger charge is 2.35. The van der Waals surface area contributed by atoms with Gasteiger partial charge in [-0.1, -0.05) is 18.2 Å². The van der Waals surface area contributed by atoms with Crippen molar-refractivity contribution in [3.63, 3.8) is 0 Å². The number of imide groups is 1. The summed E-state index contributed by atoms with van der Waals surface area (Å²) in [6.07, 6.45) is 8.46. The molecule has 3 N–H and O–H groups in total. The summed E-state index contributed by atoms with van der Waals surface area (Å²) in [6.45, 7) is 7.40. The topological polar surface area (TPSA) is 156 Å². The minimum atomic E-state index is -0.772. The van der Waals surface area contributed by atoms with Crippen molar-refractivity contribution in [3.8, 4) is 21.9 Å². The molecule has 58 heavy (non-hydrogen) atoms. The number of nitrogens with one attached hydrogen (secondary N) is 1. The predicted octanol–water partition coefficient (Wildman–Crippen LogP) is 5.30. The fourth-order valence-electron chi connectivity index (χ4n) is 9.37. The molecule has 15 heteroatoms. The van der Waals surface area contributed by atoms with E-state index in [1.807, 2.05) is 65.9 Å². The van der Waals surface area contributed by atoms with E-state index in [2.05, 4.69) is 42.2 Å². The van der Waals surface area contributed by atoms with Crippen LogP contribution in [-0.4, -0.2) is 97.6 Å². The highest BCUT2D eigenvalue weighted by Crippen LogP contribution is 2.47. The molecule has 2 amide bonds. The molecule has 2 aromatic carbocycles. The Bertz CT molecular complexity index is 2530. The van der Waals surface area contributed by atoms with Crippen LogP contribution in [0.15, 0.2) is 84.0 Å². The molecule has 6 aromatic rings. The van der Waals surface area contributed by atoms with Crippen molar-refractivity contribution < 1.29 is 14.3 Å². The van der Waals surface area contributed by atoms with Crippen LogP contribution < -0.4 is 26.4 Å². The number of hydrogen-bond donors (Lipinski definition) is 2. The van der Waals surface area contributed by atoms with Crippen LogP contribution in [0, 0.1) is 5.92 Å². The van der Waals surface area contributed by atoms with Gasteiger partial charge in [0, 0.05) is 91.9 Å². The zero-order valence-electron chi connectivity index (χ0n) is 32.2. The highest BCUT2D eigenvalue weighted by atomic mass is 32.1. The number of pyridine rings is 1. The number of piperazine rings is 1. The van der Waals surface area contributed by atoms with E-state index in [-0.39, 0.29) is 24.4 Å².